The van der Waals surface area contributed by atoms with Crippen molar-refractivity contribution in [2.45, 2.75) is 13.8 Å². The molecule has 5 heteroatoms. The third kappa shape index (κ3) is 4.48. The fraction of sp³-hybridized carbons (Fsp3) is 0.318. The van der Waals surface area contributed by atoms with Gasteiger partial charge in [-0.05, 0) is 73.0 Å². The summed E-state index contributed by atoms with van der Waals surface area (Å²) < 4.78 is 18.3. The van der Waals surface area contributed by atoms with Crippen molar-refractivity contribution in [2.75, 3.05) is 38.2 Å². The summed E-state index contributed by atoms with van der Waals surface area (Å²) in [5.74, 6) is 0.607. The summed E-state index contributed by atoms with van der Waals surface area (Å²) in [6.07, 6.45) is 3.54. The van der Waals surface area contributed by atoms with Crippen molar-refractivity contribution in [3.8, 4) is 5.75 Å². The van der Waals surface area contributed by atoms with Crippen LogP contribution < -0.4 is 9.64 Å². The van der Waals surface area contributed by atoms with E-state index < -0.39 is 0 Å². The van der Waals surface area contributed by atoms with Crippen LogP contribution in [0.15, 0.2) is 42.5 Å². The van der Waals surface area contributed by atoms with Crippen LogP contribution in [-0.4, -0.2) is 44.1 Å². The second-order valence-electron chi connectivity index (χ2n) is 6.80. The number of hydrogen-bond acceptors (Lipinski definition) is 3. The van der Waals surface area contributed by atoms with Crippen LogP contribution >= 0.6 is 0 Å². The number of anilines is 1. The van der Waals surface area contributed by atoms with E-state index in [9.17, 15) is 9.18 Å². The highest BCUT2D eigenvalue weighted by Gasteiger charge is 2.20. The number of benzene rings is 2. The highest BCUT2D eigenvalue weighted by molar-refractivity contribution is 5.92. The first-order valence-electron chi connectivity index (χ1n) is 9.10. The van der Waals surface area contributed by atoms with E-state index in [1.165, 1.54) is 12.1 Å². The third-order valence-electron chi connectivity index (χ3n) is 4.98. The molecule has 3 rings (SSSR count). The van der Waals surface area contributed by atoms with Gasteiger partial charge in [0.15, 0.2) is 0 Å². The van der Waals surface area contributed by atoms with Gasteiger partial charge in [0.2, 0.25) is 5.91 Å². The van der Waals surface area contributed by atoms with Gasteiger partial charge in [-0.25, -0.2) is 4.39 Å². The molecule has 1 amide bonds. The number of aryl methyl sites for hydroxylation is 2. The minimum atomic E-state index is -0.234. The lowest BCUT2D eigenvalue weighted by Crippen LogP contribution is -2.48. The maximum absolute atomic E-state index is 13.1. The molecule has 2 aromatic rings. The lowest BCUT2D eigenvalue weighted by Gasteiger charge is -2.35. The van der Waals surface area contributed by atoms with Crippen LogP contribution in [0.25, 0.3) is 6.08 Å². The van der Waals surface area contributed by atoms with E-state index in [0.29, 0.717) is 13.1 Å². The van der Waals surface area contributed by atoms with Crippen LogP contribution in [0, 0.1) is 19.7 Å². The van der Waals surface area contributed by atoms with Crippen molar-refractivity contribution in [1.29, 1.82) is 0 Å². The molecular formula is C22H25FN2O2. The molecule has 0 unspecified atom stereocenters. The topological polar surface area (TPSA) is 32.8 Å². The van der Waals surface area contributed by atoms with Crippen LogP contribution in [-0.2, 0) is 4.79 Å². The molecule has 0 atom stereocenters. The number of piperazine rings is 1. The molecule has 0 saturated carbocycles. The van der Waals surface area contributed by atoms with Gasteiger partial charge in [0, 0.05) is 37.9 Å². The van der Waals surface area contributed by atoms with Crippen molar-refractivity contribution < 1.29 is 13.9 Å². The molecule has 0 bridgehead atoms. The third-order valence-corrected chi connectivity index (χ3v) is 4.98. The van der Waals surface area contributed by atoms with Gasteiger partial charge in [-0.1, -0.05) is 0 Å². The lowest BCUT2D eigenvalue weighted by molar-refractivity contribution is -0.126. The SMILES string of the molecule is COc1cc(C)c(/C=C/C(=O)N2CCN(c3ccc(F)cc3)CC2)c(C)c1. The molecule has 0 radical (unpaired) electrons. The fourth-order valence-corrected chi connectivity index (χ4v) is 3.41. The predicted octanol–water partition coefficient (Wildman–Crippen LogP) is 3.81. The van der Waals surface area contributed by atoms with E-state index in [1.54, 1.807) is 25.3 Å². The lowest BCUT2D eigenvalue weighted by atomic mass is 10.0. The van der Waals surface area contributed by atoms with E-state index in [1.807, 2.05) is 37.0 Å². The molecule has 1 aliphatic heterocycles. The Morgan fingerprint density at radius 2 is 1.63 bits per heavy atom. The summed E-state index contributed by atoms with van der Waals surface area (Å²) in [6, 6.07) is 10.4. The number of amides is 1. The van der Waals surface area contributed by atoms with Gasteiger partial charge in [0.05, 0.1) is 7.11 Å². The molecular weight excluding hydrogens is 343 g/mol. The van der Waals surface area contributed by atoms with Crippen LogP contribution in [0.1, 0.15) is 16.7 Å². The second-order valence-corrected chi connectivity index (χ2v) is 6.80. The Bertz CT molecular complexity index is 815. The van der Waals surface area contributed by atoms with E-state index in [2.05, 4.69) is 4.90 Å². The zero-order valence-corrected chi connectivity index (χ0v) is 16.0. The summed E-state index contributed by atoms with van der Waals surface area (Å²) in [7, 11) is 1.65. The molecule has 1 aliphatic rings. The van der Waals surface area contributed by atoms with Crippen molar-refractivity contribution in [3.63, 3.8) is 0 Å². The molecule has 0 aromatic heterocycles. The van der Waals surface area contributed by atoms with E-state index in [0.717, 1.165) is 41.2 Å². The van der Waals surface area contributed by atoms with Gasteiger partial charge < -0.3 is 14.5 Å². The number of nitrogens with zero attached hydrogens (tertiary/aromatic N) is 2. The number of rotatable bonds is 4. The fourth-order valence-electron chi connectivity index (χ4n) is 3.41. The Labute approximate surface area is 159 Å². The molecule has 1 heterocycles. The number of carbonyl (C=O) groups is 1. The minimum Gasteiger partial charge on any atom is -0.497 e. The van der Waals surface area contributed by atoms with Crippen LogP contribution in [0.4, 0.5) is 10.1 Å². The van der Waals surface area contributed by atoms with Crippen molar-refractivity contribution in [2.24, 2.45) is 0 Å². The molecule has 27 heavy (non-hydrogen) atoms. The molecule has 4 nitrogen and oxygen atoms in total. The first-order valence-corrected chi connectivity index (χ1v) is 9.10. The van der Waals surface area contributed by atoms with Gasteiger partial charge in [0.25, 0.3) is 0 Å². The van der Waals surface area contributed by atoms with Crippen molar-refractivity contribution in [1.82, 2.24) is 4.90 Å². The molecule has 1 saturated heterocycles. The molecule has 2 aromatic carbocycles. The standard InChI is InChI=1S/C22H25FN2O2/c1-16-14-20(27-3)15-17(2)21(16)8-9-22(26)25-12-10-24(11-13-25)19-6-4-18(23)5-7-19/h4-9,14-15H,10-13H2,1-3H3/b9-8+. The zero-order chi connectivity index (χ0) is 19.4. The predicted molar refractivity (Wildman–Crippen MR) is 107 cm³/mol. The monoisotopic (exact) mass is 368 g/mol. The van der Waals surface area contributed by atoms with Crippen LogP contribution in [0.2, 0.25) is 0 Å². The number of hydrogen-bond donors (Lipinski definition) is 0. The minimum absolute atomic E-state index is 0.0170. The van der Waals surface area contributed by atoms with E-state index >= 15 is 0 Å². The van der Waals surface area contributed by atoms with Gasteiger partial charge in [0.1, 0.15) is 11.6 Å². The van der Waals surface area contributed by atoms with E-state index in [-0.39, 0.29) is 11.7 Å². The smallest absolute Gasteiger partial charge is 0.246 e. The Morgan fingerprint density at radius 3 is 2.19 bits per heavy atom. The average Bonchev–Trinajstić information content (AvgIpc) is 2.67. The normalized spacial score (nSPS) is 14.7. The zero-order valence-electron chi connectivity index (χ0n) is 16.0. The highest BCUT2D eigenvalue weighted by Crippen LogP contribution is 2.23. The van der Waals surface area contributed by atoms with Gasteiger partial charge in [-0.3, -0.25) is 4.79 Å². The average molecular weight is 368 g/mol. The van der Waals surface area contributed by atoms with Gasteiger partial charge >= 0.3 is 0 Å². The summed E-state index contributed by atoms with van der Waals surface area (Å²) in [5, 5.41) is 0. The summed E-state index contributed by atoms with van der Waals surface area (Å²) in [5.41, 5.74) is 4.20. The molecule has 0 N–H and O–H groups in total. The number of ether oxygens (including phenoxy) is 1. The number of carbonyl (C=O) groups excluding carboxylic acids is 1. The Kier molecular flexibility index (Phi) is 5.79. The Balaban J connectivity index is 1.61. The van der Waals surface area contributed by atoms with Gasteiger partial charge in [-0.2, -0.15) is 0 Å². The molecule has 0 aliphatic carbocycles. The second kappa shape index (κ2) is 8.25. The van der Waals surface area contributed by atoms with Crippen LogP contribution in [0.5, 0.6) is 5.75 Å². The Morgan fingerprint density at radius 1 is 1.04 bits per heavy atom. The summed E-state index contributed by atoms with van der Waals surface area (Å²) in [6.45, 7) is 6.82. The van der Waals surface area contributed by atoms with E-state index in [4.69, 9.17) is 4.74 Å². The number of methoxy groups -OCH3 is 1. The quantitative estimate of drug-likeness (QED) is 0.770. The summed E-state index contributed by atoms with van der Waals surface area (Å²) in [4.78, 5) is 16.6. The van der Waals surface area contributed by atoms with Crippen molar-refractivity contribution in [3.05, 3.63) is 65.0 Å². The maximum atomic E-state index is 13.1. The molecule has 142 valence electrons. The Hall–Kier alpha value is -2.82. The first kappa shape index (κ1) is 19.0. The highest BCUT2D eigenvalue weighted by atomic mass is 19.1. The molecule has 0 spiro atoms. The van der Waals surface area contributed by atoms with Gasteiger partial charge in [-0.15, -0.1) is 0 Å². The number of halogens is 1. The largest absolute Gasteiger partial charge is 0.497 e. The molecule has 1 fully saturated rings. The maximum Gasteiger partial charge on any atom is 0.246 e. The van der Waals surface area contributed by atoms with Crippen molar-refractivity contribution >= 4 is 17.7 Å². The first-order chi connectivity index (χ1) is 13.0. The summed E-state index contributed by atoms with van der Waals surface area (Å²) >= 11 is 0. The van der Waals surface area contributed by atoms with Crippen LogP contribution in [0.3, 0.4) is 0 Å².